The minimum atomic E-state index is 0.0879. The summed E-state index contributed by atoms with van der Waals surface area (Å²) < 4.78 is 16.1. The first kappa shape index (κ1) is 19.4. The highest BCUT2D eigenvalue weighted by molar-refractivity contribution is 5.76. The van der Waals surface area contributed by atoms with Crippen molar-refractivity contribution >= 4 is 5.91 Å². The fourth-order valence-corrected chi connectivity index (χ4v) is 3.12. The molecule has 1 aromatic carbocycles. The monoisotopic (exact) mass is 350 g/mol. The first-order valence-electron chi connectivity index (χ1n) is 8.95. The summed E-state index contributed by atoms with van der Waals surface area (Å²) in [6.07, 6.45) is 2.98. The zero-order chi connectivity index (χ0) is 18.1. The summed E-state index contributed by atoms with van der Waals surface area (Å²) in [6, 6.07) is 5.38. The van der Waals surface area contributed by atoms with Gasteiger partial charge in [0.05, 0.1) is 20.8 Å². The third kappa shape index (κ3) is 6.46. The Morgan fingerprint density at radius 3 is 2.52 bits per heavy atom. The van der Waals surface area contributed by atoms with Crippen molar-refractivity contribution in [1.29, 1.82) is 0 Å². The Balaban J connectivity index is 1.69. The molecule has 2 N–H and O–H groups in total. The van der Waals surface area contributed by atoms with E-state index < -0.39 is 0 Å². The van der Waals surface area contributed by atoms with Gasteiger partial charge in [-0.05, 0) is 37.8 Å². The third-order valence-electron chi connectivity index (χ3n) is 4.67. The number of benzene rings is 1. The Hall–Kier alpha value is -1.95. The van der Waals surface area contributed by atoms with Crippen LogP contribution in [0.3, 0.4) is 0 Å². The van der Waals surface area contributed by atoms with E-state index in [-0.39, 0.29) is 5.91 Å². The lowest BCUT2D eigenvalue weighted by molar-refractivity contribution is -0.122. The fourth-order valence-electron chi connectivity index (χ4n) is 3.12. The molecule has 1 aliphatic heterocycles. The Morgan fingerprint density at radius 1 is 1.24 bits per heavy atom. The maximum atomic E-state index is 12.1. The molecule has 1 fully saturated rings. The van der Waals surface area contributed by atoms with E-state index in [0.717, 1.165) is 13.1 Å². The Kier molecular flexibility index (Phi) is 7.85. The van der Waals surface area contributed by atoms with Crippen molar-refractivity contribution in [3.05, 3.63) is 18.2 Å². The molecular weight excluding hydrogens is 320 g/mol. The summed E-state index contributed by atoms with van der Waals surface area (Å²) in [6.45, 7) is 5.17. The van der Waals surface area contributed by atoms with Crippen LogP contribution in [0, 0.1) is 11.8 Å². The van der Waals surface area contributed by atoms with Crippen molar-refractivity contribution in [2.24, 2.45) is 11.8 Å². The van der Waals surface area contributed by atoms with Crippen molar-refractivity contribution in [1.82, 2.24) is 10.6 Å². The van der Waals surface area contributed by atoms with Crippen molar-refractivity contribution in [2.45, 2.75) is 26.2 Å². The SMILES string of the molecule is COc1cc(OC)cc(OCCNC(=O)CC(C)C2CCCNC2)c1. The van der Waals surface area contributed by atoms with E-state index in [4.69, 9.17) is 14.2 Å². The van der Waals surface area contributed by atoms with Gasteiger partial charge in [0.25, 0.3) is 0 Å². The molecule has 0 radical (unpaired) electrons. The Morgan fingerprint density at radius 2 is 1.92 bits per heavy atom. The number of nitrogens with one attached hydrogen (secondary N) is 2. The van der Waals surface area contributed by atoms with Crippen LogP contribution in [0.5, 0.6) is 17.2 Å². The molecule has 2 atom stereocenters. The zero-order valence-electron chi connectivity index (χ0n) is 15.5. The molecule has 140 valence electrons. The molecule has 0 bridgehead atoms. The van der Waals surface area contributed by atoms with Gasteiger partial charge >= 0.3 is 0 Å². The minimum Gasteiger partial charge on any atom is -0.496 e. The van der Waals surface area contributed by atoms with Crippen molar-refractivity contribution in [3.63, 3.8) is 0 Å². The van der Waals surface area contributed by atoms with Gasteiger partial charge in [-0.3, -0.25) is 4.79 Å². The number of ether oxygens (including phenoxy) is 3. The highest BCUT2D eigenvalue weighted by Crippen LogP contribution is 2.27. The van der Waals surface area contributed by atoms with Crippen molar-refractivity contribution < 1.29 is 19.0 Å². The summed E-state index contributed by atoms with van der Waals surface area (Å²) in [5.74, 6) is 3.09. The molecule has 6 nitrogen and oxygen atoms in total. The molecule has 0 saturated carbocycles. The van der Waals surface area contributed by atoms with Crippen LogP contribution in [0.4, 0.5) is 0 Å². The van der Waals surface area contributed by atoms with Crippen LogP contribution >= 0.6 is 0 Å². The number of hydrogen-bond donors (Lipinski definition) is 2. The molecule has 1 aliphatic rings. The van der Waals surface area contributed by atoms with Gasteiger partial charge < -0.3 is 24.8 Å². The quantitative estimate of drug-likeness (QED) is 0.669. The molecular formula is C19H30N2O4. The van der Waals surface area contributed by atoms with E-state index in [0.29, 0.717) is 48.7 Å². The standard InChI is InChI=1S/C19H30N2O4/c1-14(15-5-4-6-20-13-15)9-19(22)21-7-8-25-18-11-16(23-2)10-17(12-18)24-3/h10-12,14-15,20H,4-9,13H2,1-3H3,(H,21,22). The summed E-state index contributed by atoms with van der Waals surface area (Å²) in [4.78, 5) is 12.1. The van der Waals surface area contributed by atoms with E-state index in [9.17, 15) is 4.79 Å². The smallest absolute Gasteiger partial charge is 0.220 e. The van der Waals surface area contributed by atoms with E-state index in [1.165, 1.54) is 12.8 Å². The first-order valence-corrected chi connectivity index (χ1v) is 8.95. The van der Waals surface area contributed by atoms with E-state index >= 15 is 0 Å². The predicted molar refractivity (Wildman–Crippen MR) is 97.4 cm³/mol. The van der Waals surface area contributed by atoms with Crippen LogP contribution in [0.1, 0.15) is 26.2 Å². The molecule has 1 amide bonds. The number of hydrogen-bond acceptors (Lipinski definition) is 5. The summed E-state index contributed by atoms with van der Waals surface area (Å²) >= 11 is 0. The van der Waals surface area contributed by atoms with E-state index in [2.05, 4.69) is 17.6 Å². The van der Waals surface area contributed by atoms with Gasteiger partial charge in [-0.2, -0.15) is 0 Å². The molecule has 0 aromatic heterocycles. The molecule has 0 spiro atoms. The van der Waals surface area contributed by atoms with Crippen LogP contribution in [0.25, 0.3) is 0 Å². The van der Waals surface area contributed by atoms with Crippen LogP contribution in [-0.2, 0) is 4.79 Å². The Labute approximate surface area is 150 Å². The van der Waals surface area contributed by atoms with Crippen LogP contribution < -0.4 is 24.8 Å². The fraction of sp³-hybridized carbons (Fsp3) is 0.632. The molecule has 1 saturated heterocycles. The summed E-state index contributed by atoms with van der Waals surface area (Å²) in [7, 11) is 3.20. The maximum absolute atomic E-state index is 12.1. The normalized spacial score (nSPS) is 18.3. The molecule has 0 aliphatic carbocycles. The highest BCUT2D eigenvalue weighted by atomic mass is 16.5. The molecule has 2 rings (SSSR count). The summed E-state index contributed by atoms with van der Waals surface area (Å²) in [5.41, 5.74) is 0. The molecule has 1 heterocycles. The lowest BCUT2D eigenvalue weighted by Crippen LogP contribution is -2.36. The second kappa shape index (κ2) is 10.1. The molecule has 1 aromatic rings. The minimum absolute atomic E-state index is 0.0879. The average molecular weight is 350 g/mol. The van der Waals surface area contributed by atoms with Crippen molar-refractivity contribution in [2.75, 3.05) is 40.5 Å². The molecule has 25 heavy (non-hydrogen) atoms. The van der Waals surface area contributed by atoms with Gasteiger partial charge in [0.1, 0.15) is 23.9 Å². The maximum Gasteiger partial charge on any atom is 0.220 e. The number of amides is 1. The number of methoxy groups -OCH3 is 2. The van der Waals surface area contributed by atoms with Crippen LogP contribution in [0.15, 0.2) is 18.2 Å². The van der Waals surface area contributed by atoms with Gasteiger partial charge in [0, 0.05) is 24.6 Å². The van der Waals surface area contributed by atoms with Crippen molar-refractivity contribution in [3.8, 4) is 17.2 Å². The zero-order valence-corrected chi connectivity index (χ0v) is 15.5. The second-order valence-electron chi connectivity index (χ2n) is 6.53. The molecule has 6 heteroatoms. The number of carbonyl (C=O) groups excluding carboxylic acids is 1. The van der Waals surface area contributed by atoms with Gasteiger partial charge in [-0.1, -0.05) is 6.92 Å². The molecule has 2 unspecified atom stereocenters. The van der Waals surface area contributed by atoms with Gasteiger partial charge in [-0.25, -0.2) is 0 Å². The van der Waals surface area contributed by atoms with E-state index in [1.807, 2.05) is 0 Å². The largest absolute Gasteiger partial charge is 0.496 e. The first-order chi connectivity index (χ1) is 12.1. The number of rotatable bonds is 9. The Bertz CT molecular complexity index is 522. The third-order valence-corrected chi connectivity index (χ3v) is 4.67. The number of carbonyl (C=O) groups is 1. The topological polar surface area (TPSA) is 68.8 Å². The van der Waals surface area contributed by atoms with Gasteiger partial charge in [0.15, 0.2) is 0 Å². The van der Waals surface area contributed by atoms with Gasteiger partial charge in [0.2, 0.25) is 5.91 Å². The lowest BCUT2D eigenvalue weighted by atomic mass is 9.85. The summed E-state index contributed by atoms with van der Waals surface area (Å²) in [5, 5.41) is 6.34. The highest BCUT2D eigenvalue weighted by Gasteiger charge is 2.21. The van der Waals surface area contributed by atoms with Crippen LogP contribution in [0.2, 0.25) is 0 Å². The second-order valence-corrected chi connectivity index (χ2v) is 6.53. The predicted octanol–water partition coefficient (Wildman–Crippen LogP) is 2.22. The van der Waals surface area contributed by atoms with Crippen LogP contribution in [-0.4, -0.2) is 46.4 Å². The number of piperidine rings is 1. The van der Waals surface area contributed by atoms with E-state index in [1.54, 1.807) is 32.4 Å². The lowest BCUT2D eigenvalue weighted by Gasteiger charge is -2.28. The average Bonchev–Trinajstić information content (AvgIpc) is 2.65. The van der Waals surface area contributed by atoms with Gasteiger partial charge in [-0.15, -0.1) is 0 Å².